The van der Waals surface area contributed by atoms with Crippen LogP contribution in [-0.4, -0.2) is 48.3 Å². The number of rotatable bonds is 6. The van der Waals surface area contributed by atoms with Crippen LogP contribution in [0.25, 0.3) is 0 Å². The molecule has 198 valence electrons. The number of hydrogen-bond acceptors (Lipinski definition) is 4. The number of carbonyl (C=O) groups excluding carboxylic acids is 2. The van der Waals surface area contributed by atoms with E-state index in [1.165, 1.54) is 25.2 Å². The minimum absolute atomic E-state index is 0.138. The van der Waals surface area contributed by atoms with Crippen molar-refractivity contribution in [2.24, 2.45) is 5.10 Å². The number of nitrogens with zero attached hydrogens (tertiary/aromatic N) is 3. The van der Waals surface area contributed by atoms with Gasteiger partial charge < -0.3 is 15.0 Å². The number of anilines is 1. The fourth-order valence-electron chi connectivity index (χ4n) is 3.99. The third-order valence-corrected chi connectivity index (χ3v) is 6.03. The molecule has 3 aromatic carbocycles. The van der Waals surface area contributed by atoms with E-state index >= 15 is 0 Å². The third-order valence-electron chi connectivity index (χ3n) is 6.03. The molecule has 0 aromatic heterocycles. The summed E-state index contributed by atoms with van der Waals surface area (Å²) in [5, 5.41) is 8.10. The Labute approximate surface area is 216 Å². The molecule has 0 saturated carbocycles. The molecular weight excluding hydrogens is 504 g/mol. The summed E-state index contributed by atoms with van der Waals surface area (Å²) < 4.78 is 58.0. The highest BCUT2D eigenvalue weighted by molar-refractivity contribution is 6.03. The molecule has 0 aliphatic carbocycles. The summed E-state index contributed by atoms with van der Waals surface area (Å²) >= 11 is 0. The van der Waals surface area contributed by atoms with Crippen molar-refractivity contribution in [3.8, 4) is 5.75 Å². The van der Waals surface area contributed by atoms with Gasteiger partial charge in [0.2, 0.25) is 0 Å². The van der Waals surface area contributed by atoms with Crippen LogP contribution < -0.4 is 10.1 Å². The molecule has 1 N–H and O–H groups in total. The van der Waals surface area contributed by atoms with E-state index in [9.17, 15) is 27.2 Å². The number of alkyl halides is 3. The van der Waals surface area contributed by atoms with Crippen molar-refractivity contribution in [1.82, 2.24) is 9.91 Å². The van der Waals surface area contributed by atoms with Gasteiger partial charge in [-0.1, -0.05) is 30.3 Å². The fraction of sp³-hybridized carbons (Fsp3) is 0.222. The van der Waals surface area contributed by atoms with E-state index in [1.807, 2.05) is 0 Å². The number of carbonyl (C=O) groups is 2. The molecule has 1 aliphatic heterocycles. The van der Waals surface area contributed by atoms with Crippen LogP contribution >= 0.6 is 0 Å². The Bertz CT molecular complexity index is 1340. The number of benzene rings is 3. The molecule has 3 aromatic rings. The van der Waals surface area contributed by atoms with E-state index in [-0.39, 0.29) is 24.2 Å². The number of ether oxygens (including phenoxy) is 1. The predicted molar refractivity (Wildman–Crippen MR) is 133 cm³/mol. The molecule has 0 unspecified atom stereocenters. The predicted octanol–water partition coefficient (Wildman–Crippen LogP) is 5.69. The van der Waals surface area contributed by atoms with Gasteiger partial charge in [-0.05, 0) is 48.0 Å². The average Bonchev–Trinajstić information content (AvgIpc) is 3.34. The average molecular weight is 529 g/mol. The van der Waals surface area contributed by atoms with Crippen LogP contribution in [0.15, 0.2) is 77.9 Å². The lowest BCUT2D eigenvalue weighted by Crippen LogP contribution is -2.41. The van der Waals surface area contributed by atoms with Crippen LogP contribution in [-0.2, 0) is 11.0 Å². The van der Waals surface area contributed by atoms with Gasteiger partial charge in [0.15, 0.2) is 0 Å². The molecule has 4 rings (SSSR count). The van der Waals surface area contributed by atoms with Crippen molar-refractivity contribution in [1.29, 1.82) is 0 Å². The molecule has 1 atom stereocenters. The Morgan fingerprint density at radius 1 is 1.05 bits per heavy atom. The van der Waals surface area contributed by atoms with E-state index in [0.29, 0.717) is 11.5 Å². The molecule has 7 nitrogen and oxygen atoms in total. The summed E-state index contributed by atoms with van der Waals surface area (Å²) in [5.74, 6) is -0.371. The summed E-state index contributed by atoms with van der Waals surface area (Å²) in [6, 6.07) is 15.9. The normalized spacial score (nSPS) is 15.2. The highest BCUT2D eigenvalue weighted by Crippen LogP contribution is 2.34. The monoisotopic (exact) mass is 528 g/mol. The number of amides is 3. The molecule has 0 radical (unpaired) electrons. The Morgan fingerprint density at radius 2 is 1.71 bits per heavy atom. The van der Waals surface area contributed by atoms with E-state index in [2.05, 4.69) is 10.4 Å². The molecule has 38 heavy (non-hydrogen) atoms. The van der Waals surface area contributed by atoms with Gasteiger partial charge in [-0.2, -0.15) is 18.3 Å². The maximum atomic E-state index is 14.5. The first-order valence-electron chi connectivity index (χ1n) is 11.5. The number of hydrogen-bond donors (Lipinski definition) is 1. The Balaban J connectivity index is 1.51. The van der Waals surface area contributed by atoms with Gasteiger partial charge in [0.25, 0.3) is 5.91 Å². The van der Waals surface area contributed by atoms with Crippen LogP contribution in [0.1, 0.15) is 29.2 Å². The summed E-state index contributed by atoms with van der Waals surface area (Å²) in [7, 11) is 2.91. The first-order valence-corrected chi connectivity index (χ1v) is 11.5. The lowest BCUT2D eigenvalue weighted by atomic mass is 9.98. The largest absolute Gasteiger partial charge is 0.497 e. The SMILES string of the molecule is COc1ccc([C@@H]2CC(c3ccccc3F)=NN2C(=O)CN(C)C(=O)Nc2ccc(C(F)(F)F)cc2)cc1. The molecule has 0 bridgehead atoms. The van der Waals surface area contributed by atoms with Gasteiger partial charge in [-0.15, -0.1) is 0 Å². The van der Waals surface area contributed by atoms with Gasteiger partial charge in [-0.3, -0.25) is 4.79 Å². The lowest BCUT2D eigenvalue weighted by Gasteiger charge is -2.25. The number of likely N-dealkylation sites (N-methyl/N-ethyl adjacent to an activating group) is 1. The van der Waals surface area contributed by atoms with E-state index in [4.69, 9.17) is 4.74 Å². The second-order valence-corrected chi connectivity index (χ2v) is 8.62. The number of hydrazone groups is 1. The third kappa shape index (κ3) is 5.93. The van der Waals surface area contributed by atoms with Gasteiger partial charge in [-0.25, -0.2) is 14.2 Å². The van der Waals surface area contributed by atoms with Crippen molar-refractivity contribution in [2.75, 3.05) is 26.0 Å². The number of urea groups is 1. The lowest BCUT2D eigenvalue weighted by molar-refractivity contribution is -0.137. The minimum Gasteiger partial charge on any atom is -0.497 e. The van der Waals surface area contributed by atoms with Gasteiger partial charge in [0, 0.05) is 24.7 Å². The molecule has 0 saturated heterocycles. The number of methoxy groups -OCH3 is 1. The highest BCUT2D eigenvalue weighted by Gasteiger charge is 2.35. The summed E-state index contributed by atoms with van der Waals surface area (Å²) in [6.45, 7) is -0.382. The topological polar surface area (TPSA) is 74.2 Å². The van der Waals surface area contributed by atoms with Crippen molar-refractivity contribution in [3.05, 3.63) is 95.3 Å². The van der Waals surface area contributed by atoms with Gasteiger partial charge in [0.1, 0.15) is 18.1 Å². The van der Waals surface area contributed by atoms with Gasteiger partial charge >= 0.3 is 12.2 Å². The second-order valence-electron chi connectivity index (χ2n) is 8.62. The first kappa shape index (κ1) is 26.6. The summed E-state index contributed by atoms with van der Waals surface area (Å²) in [6.07, 6.45) is -4.25. The molecule has 1 aliphatic rings. The highest BCUT2D eigenvalue weighted by atomic mass is 19.4. The fourth-order valence-corrected chi connectivity index (χ4v) is 3.99. The van der Waals surface area contributed by atoms with Crippen molar-refractivity contribution >= 4 is 23.3 Å². The van der Waals surface area contributed by atoms with Crippen LogP contribution in [0.4, 0.5) is 28.0 Å². The van der Waals surface area contributed by atoms with Crippen molar-refractivity contribution in [2.45, 2.75) is 18.6 Å². The van der Waals surface area contributed by atoms with E-state index in [0.717, 1.165) is 34.7 Å². The van der Waals surface area contributed by atoms with Crippen LogP contribution in [0.2, 0.25) is 0 Å². The van der Waals surface area contributed by atoms with Crippen LogP contribution in [0, 0.1) is 5.82 Å². The molecule has 11 heteroatoms. The maximum Gasteiger partial charge on any atom is 0.416 e. The van der Waals surface area contributed by atoms with Crippen LogP contribution in [0.3, 0.4) is 0 Å². The molecule has 0 fully saturated rings. The Hall–Kier alpha value is -4.41. The zero-order valence-corrected chi connectivity index (χ0v) is 20.5. The molecule has 0 spiro atoms. The summed E-state index contributed by atoms with van der Waals surface area (Å²) in [5.41, 5.74) is 0.690. The standard InChI is InChI=1S/C27H24F4N4O3/c1-34(26(37)32-19-11-9-18(10-12-19)27(29,30)31)16-25(36)35-24(17-7-13-20(38-2)14-8-17)15-23(33-35)21-5-3-4-6-22(21)28/h3-14,24H,15-16H2,1-2H3,(H,32,37)/t24-/m0/s1. The maximum absolute atomic E-state index is 14.5. The quantitative estimate of drug-likeness (QED) is 0.418. The zero-order chi connectivity index (χ0) is 27.4. The number of nitrogens with one attached hydrogen (secondary N) is 1. The smallest absolute Gasteiger partial charge is 0.416 e. The van der Waals surface area contributed by atoms with E-state index < -0.39 is 35.5 Å². The van der Waals surface area contributed by atoms with E-state index in [1.54, 1.807) is 42.5 Å². The molecule has 1 heterocycles. The zero-order valence-electron chi connectivity index (χ0n) is 20.5. The van der Waals surface area contributed by atoms with Crippen molar-refractivity contribution in [3.63, 3.8) is 0 Å². The Kier molecular flexibility index (Phi) is 7.65. The Morgan fingerprint density at radius 3 is 2.32 bits per heavy atom. The summed E-state index contributed by atoms with van der Waals surface area (Å²) in [4.78, 5) is 27.0. The molecular formula is C27H24F4N4O3. The van der Waals surface area contributed by atoms with Gasteiger partial charge in [0.05, 0.1) is 24.4 Å². The van der Waals surface area contributed by atoms with Crippen molar-refractivity contribution < 1.29 is 31.9 Å². The second kappa shape index (κ2) is 10.9. The molecule has 3 amide bonds. The minimum atomic E-state index is -4.50. The number of halogens is 4. The first-order chi connectivity index (χ1) is 18.1. The van der Waals surface area contributed by atoms with Crippen LogP contribution in [0.5, 0.6) is 5.75 Å².